The van der Waals surface area contributed by atoms with Crippen molar-refractivity contribution < 1.29 is 56.8 Å². The van der Waals surface area contributed by atoms with Crippen LogP contribution in [0.1, 0.15) is 44.2 Å². The molecule has 1 spiro atoms. The number of piperidine rings is 1. The molecule has 244 valence electrons. The summed E-state index contributed by atoms with van der Waals surface area (Å²) in [6, 6.07) is 3.43. The Balaban J connectivity index is 0.000000594. The second kappa shape index (κ2) is 13.3. The third-order valence-corrected chi connectivity index (χ3v) is 8.65. The maximum Gasteiger partial charge on any atom is 0.490 e. The minimum Gasteiger partial charge on any atom is -0.493 e. The molecule has 6 atom stereocenters. The van der Waals surface area contributed by atoms with E-state index in [1.54, 1.807) is 21.0 Å². The maximum atomic E-state index is 12.8. The number of ether oxygens (including phenoxy) is 3. The minimum atomic E-state index is -5.08. The molecule has 15 heteroatoms. The molecule has 2 aliphatic carbocycles. The van der Waals surface area contributed by atoms with E-state index in [1.165, 1.54) is 11.1 Å². The lowest BCUT2D eigenvalue weighted by Crippen LogP contribution is -2.65. The molecular weight excluding hydrogens is 609 g/mol. The minimum absolute atomic E-state index is 0. The van der Waals surface area contributed by atoms with Crippen molar-refractivity contribution in [2.45, 2.75) is 75.4 Å². The van der Waals surface area contributed by atoms with Crippen LogP contribution in [0.2, 0.25) is 0 Å². The van der Waals surface area contributed by atoms with Gasteiger partial charge in [-0.1, -0.05) is 26.0 Å². The monoisotopic (exact) mass is 646 g/mol. The fourth-order valence-electron chi connectivity index (χ4n) is 6.66. The van der Waals surface area contributed by atoms with Gasteiger partial charge >= 0.3 is 24.1 Å². The van der Waals surface area contributed by atoms with Crippen LogP contribution in [0.4, 0.5) is 13.2 Å². The van der Waals surface area contributed by atoms with Crippen LogP contribution in [0.25, 0.3) is 0 Å². The molecule has 1 saturated heterocycles. The molecule has 5 rings (SSSR count). The Morgan fingerprint density at radius 2 is 1.82 bits per heavy atom. The Labute approximate surface area is 259 Å². The Bertz CT molecular complexity index is 1320. The van der Waals surface area contributed by atoms with Crippen molar-refractivity contribution >= 4 is 37.3 Å². The van der Waals surface area contributed by atoms with Crippen LogP contribution in [-0.4, -0.2) is 90.1 Å². The first-order valence-corrected chi connectivity index (χ1v) is 13.9. The molecule has 2 bridgehead atoms. The zero-order valence-corrected chi connectivity index (χ0v) is 25.6. The molecule has 2 aliphatic heterocycles. The summed E-state index contributed by atoms with van der Waals surface area (Å²) < 4.78 is 49.8. The lowest BCUT2D eigenvalue weighted by atomic mass is 9.53. The number of nitrogens with zero attached hydrogens (tertiary/aromatic N) is 1. The van der Waals surface area contributed by atoms with Gasteiger partial charge < -0.3 is 34.6 Å². The smallest absolute Gasteiger partial charge is 0.490 e. The van der Waals surface area contributed by atoms with Crippen LogP contribution in [0, 0.1) is 11.8 Å². The number of likely N-dealkylation sites (tertiary alicyclic amines) is 1. The number of likely N-dealkylation sites (N-methyl/N-ethyl adjacent to an activating group) is 1. The number of nitrogens with one attached hydrogen (secondary N) is 1. The first-order valence-electron chi connectivity index (χ1n) is 13.9. The number of rotatable bonds is 8. The van der Waals surface area contributed by atoms with Crippen LogP contribution in [0.15, 0.2) is 24.3 Å². The van der Waals surface area contributed by atoms with E-state index in [0.717, 1.165) is 25.1 Å². The Morgan fingerprint density at radius 3 is 2.39 bits per heavy atom. The summed E-state index contributed by atoms with van der Waals surface area (Å²) in [6.07, 6.45) is -0.399. The molecule has 4 aliphatic rings. The number of carboxylic acid groups (broad SMARTS) is 2. The predicted molar refractivity (Wildman–Crippen MR) is 154 cm³/mol. The first-order chi connectivity index (χ1) is 20.1. The van der Waals surface area contributed by atoms with Gasteiger partial charge in [-0.05, 0) is 50.1 Å². The van der Waals surface area contributed by atoms with E-state index in [0.29, 0.717) is 11.8 Å². The molecule has 11 nitrogen and oxygen atoms in total. The number of aliphatic carboxylic acids is 2. The second-order valence-corrected chi connectivity index (χ2v) is 11.5. The highest BCUT2D eigenvalue weighted by atomic mass is 32.1. The van der Waals surface area contributed by atoms with Crippen molar-refractivity contribution in [3.05, 3.63) is 35.4 Å². The predicted octanol–water partition coefficient (Wildman–Crippen LogP) is 2.80. The van der Waals surface area contributed by atoms with Gasteiger partial charge in [0.2, 0.25) is 5.91 Å². The van der Waals surface area contributed by atoms with Crippen molar-refractivity contribution in [3.8, 4) is 11.5 Å². The second-order valence-electron chi connectivity index (χ2n) is 11.5. The number of hydrogen-bond donors (Lipinski definition) is 3. The van der Waals surface area contributed by atoms with Gasteiger partial charge in [0.05, 0.1) is 13.5 Å². The Morgan fingerprint density at radius 1 is 1.16 bits per heavy atom. The number of carbonyl (C=O) groups excluding carboxylic acids is 2. The fourth-order valence-corrected chi connectivity index (χ4v) is 6.66. The summed E-state index contributed by atoms with van der Waals surface area (Å²) in [5.74, 6) is -3.44. The van der Waals surface area contributed by atoms with Crippen LogP contribution < -0.4 is 14.8 Å². The highest BCUT2D eigenvalue weighted by Crippen LogP contribution is 2.62. The van der Waals surface area contributed by atoms with Gasteiger partial charge in [-0.15, -0.1) is 0 Å². The molecule has 1 aromatic carbocycles. The lowest BCUT2D eigenvalue weighted by Gasteiger charge is -2.56. The molecule has 1 aromatic rings. The molecule has 1 unspecified atom stereocenters. The highest BCUT2D eigenvalue weighted by Gasteiger charge is 2.65. The maximum absolute atomic E-state index is 12.8. The van der Waals surface area contributed by atoms with Crippen molar-refractivity contribution in [2.75, 3.05) is 20.7 Å². The average Bonchev–Trinajstić information content (AvgIpc) is 3.28. The largest absolute Gasteiger partial charge is 0.493 e. The Hall–Kier alpha value is -3.46. The van der Waals surface area contributed by atoms with Gasteiger partial charge in [0.15, 0.2) is 17.6 Å². The summed E-state index contributed by atoms with van der Waals surface area (Å²) >= 11 is 0. The van der Waals surface area contributed by atoms with Gasteiger partial charge in [0.1, 0.15) is 12.1 Å². The van der Waals surface area contributed by atoms with E-state index >= 15 is 0 Å². The van der Waals surface area contributed by atoms with Gasteiger partial charge in [0, 0.05) is 29.4 Å². The fraction of sp³-hybridized carbons (Fsp3) is 0.586. The number of amides is 1. The van der Waals surface area contributed by atoms with E-state index in [1.807, 2.05) is 12.1 Å². The Kier molecular flexibility index (Phi) is 10.6. The van der Waals surface area contributed by atoms with Crippen molar-refractivity contribution in [2.24, 2.45) is 11.8 Å². The molecule has 0 saturated carbocycles. The SMILES string of the molecule is COc1ccc2c3c1O[C@H]1[C@@H](OC(=O)CCC(=O)N[C@H](C(=O)O)C(C)C)C=CC4[C@@H](C2)N(C)CC[C@@]341.O=C(O)C(F)(F)F.S. The quantitative estimate of drug-likeness (QED) is 0.284. The standard InChI is InChI=1S/C27H34N2O7.C2HF3O2.H2S/c1-14(2)23(26(32)33)28-20(30)9-10-21(31)35-19-8-6-16-17-13-15-5-7-18(34-4)24-22(15)27(16,25(19)36-24)11-12-29(17)3;3-2(4,5)1(6)7;/h5-8,14,16-17,19,23,25H,9-13H2,1-4H3,(H,28,30)(H,32,33);(H,6,7);1H2/t16?,17-,19+,23+,25+,27+;;/m1../s1. The van der Waals surface area contributed by atoms with Crippen LogP contribution >= 0.6 is 13.5 Å². The van der Waals surface area contributed by atoms with E-state index in [-0.39, 0.29) is 49.7 Å². The number of carboxylic acids is 2. The molecule has 1 amide bonds. The normalized spacial score (nSPS) is 26.5. The molecule has 0 aromatic heterocycles. The molecule has 0 radical (unpaired) electrons. The number of alkyl halides is 3. The number of benzene rings is 1. The number of methoxy groups -OCH3 is 1. The summed E-state index contributed by atoms with van der Waals surface area (Å²) in [7, 11) is 3.80. The van der Waals surface area contributed by atoms with Gasteiger partial charge in [-0.25, -0.2) is 9.59 Å². The van der Waals surface area contributed by atoms with Gasteiger partial charge in [0.25, 0.3) is 0 Å². The third kappa shape index (κ3) is 6.48. The average molecular weight is 647 g/mol. The number of carbonyl (C=O) groups is 4. The number of halogens is 3. The summed E-state index contributed by atoms with van der Waals surface area (Å²) in [5, 5.41) is 18.9. The summed E-state index contributed by atoms with van der Waals surface area (Å²) in [5.41, 5.74) is 2.16. The zero-order chi connectivity index (χ0) is 31.9. The van der Waals surface area contributed by atoms with E-state index in [4.69, 9.17) is 24.1 Å². The van der Waals surface area contributed by atoms with Crippen LogP contribution in [-0.2, 0) is 35.8 Å². The number of hydrogen-bond acceptors (Lipinski definition) is 8. The van der Waals surface area contributed by atoms with Gasteiger partial charge in [-0.2, -0.15) is 26.7 Å². The van der Waals surface area contributed by atoms with E-state index in [9.17, 15) is 32.7 Å². The first kappa shape index (κ1) is 35.0. The van der Waals surface area contributed by atoms with Gasteiger partial charge in [-0.3, -0.25) is 9.59 Å². The zero-order valence-electron chi connectivity index (χ0n) is 24.6. The molecule has 44 heavy (non-hydrogen) atoms. The van der Waals surface area contributed by atoms with E-state index in [2.05, 4.69) is 29.4 Å². The summed E-state index contributed by atoms with van der Waals surface area (Å²) in [4.78, 5) is 47.7. The number of esters is 1. The van der Waals surface area contributed by atoms with Crippen LogP contribution in [0.5, 0.6) is 11.5 Å². The highest BCUT2D eigenvalue weighted by molar-refractivity contribution is 7.59. The van der Waals surface area contributed by atoms with Crippen molar-refractivity contribution in [1.82, 2.24) is 10.2 Å². The third-order valence-electron chi connectivity index (χ3n) is 8.65. The summed E-state index contributed by atoms with van der Waals surface area (Å²) in [6.45, 7) is 4.36. The molecule has 2 heterocycles. The van der Waals surface area contributed by atoms with E-state index < -0.39 is 42.1 Å². The topological polar surface area (TPSA) is 152 Å². The lowest BCUT2D eigenvalue weighted by molar-refractivity contribution is -0.192. The van der Waals surface area contributed by atoms with Crippen molar-refractivity contribution in [3.63, 3.8) is 0 Å². The van der Waals surface area contributed by atoms with Crippen LogP contribution in [0.3, 0.4) is 0 Å². The molecule has 3 N–H and O–H groups in total. The molecule has 1 fully saturated rings. The van der Waals surface area contributed by atoms with Crippen molar-refractivity contribution in [1.29, 1.82) is 0 Å². The molecular formula is C29H37F3N2O9S.